The lowest BCUT2D eigenvalue weighted by molar-refractivity contribution is -0.592. The maximum absolute atomic E-state index is 7.19. The first-order chi connectivity index (χ1) is 2.41. The molecular weight excluding hydrogens is 95.0 g/mol. The quantitative estimate of drug-likeness (QED) is 0.307. The van der Waals surface area contributed by atoms with Crippen molar-refractivity contribution in [2.24, 2.45) is 0 Å². The first-order valence-electron chi connectivity index (χ1n) is 0.720. The Labute approximate surface area is 30.7 Å². The highest BCUT2D eigenvalue weighted by molar-refractivity contribution is 7.09. The van der Waals surface area contributed by atoms with Gasteiger partial charge in [-0.15, -0.1) is 0 Å². The van der Waals surface area contributed by atoms with E-state index in [0.717, 1.165) is 0 Å². The van der Waals surface area contributed by atoms with E-state index in [1.807, 2.05) is 0 Å². The summed E-state index contributed by atoms with van der Waals surface area (Å²) < 4.78 is 3.52. The van der Waals surface area contributed by atoms with Crippen molar-refractivity contribution in [3.05, 3.63) is 0 Å². The molecule has 0 aliphatic carbocycles. The van der Waals surface area contributed by atoms with Gasteiger partial charge < -0.3 is 0 Å². The molecule has 0 bridgehead atoms. The van der Waals surface area contributed by atoms with E-state index in [2.05, 4.69) is 24.2 Å². The lowest BCUT2D eigenvalue weighted by Gasteiger charge is -1.81. The van der Waals surface area contributed by atoms with Crippen LogP contribution >= 0.6 is 9.47 Å². The van der Waals surface area contributed by atoms with Crippen LogP contribution in [-0.2, 0) is 14.8 Å². The average Bonchev–Trinajstić information content (AvgIpc) is 1.41. The predicted octanol–water partition coefficient (Wildman–Crippen LogP) is 0.397. The van der Waals surface area contributed by atoms with Gasteiger partial charge >= 0.3 is 0 Å². The Hall–Kier alpha value is 0.270. The molecule has 31 valence electrons. The molecule has 0 rings (SSSR count). The van der Waals surface area contributed by atoms with Gasteiger partial charge in [0.05, 0.1) is 0 Å². The molecule has 0 spiro atoms. The average molecular weight is 97.0 g/mol. The van der Waals surface area contributed by atoms with Gasteiger partial charge in [-0.3, -0.25) is 0 Å². The van der Waals surface area contributed by atoms with Crippen LogP contribution in [-0.4, -0.2) is 5.26 Å². The van der Waals surface area contributed by atoms with Gasteiger partial charge in [-0.25, -0.2) is 5.26 Å². The molecule has 0 aromatic rings. The van der Waals surface area contributed by atoms with Crippen LogP contribution in [0.25, 0.3) is 0 Å². The summed E-state index contributed by atoms with van der Waals surface area (Å²) in [6, 6.07) is 0. The largest absolute Gasteiger partial charge is 0.219 e. The van der Waals surface area contributed by atoms with Crippen LogP contribution in [0, 0.1) is 0 Å². The fourth-order valence-corrected chi connectivity index (χ4v) is 0.0456. The standard InChI is InChI=1S/H2O4P/c1-2-3-4-5/h1,5H. The highest BCUT2D eigenvalue weighted by Gasteiger charge is 1.66. The van der Waals surface area contributed by atoms with Gasteiger partial charge in [0.2, 0.25) is 0 Å². The second kappa shape index (κ2) is 4.27. The molecule has 0 fully saturated rings. The van der Waals surface area contributed by atoms with Crippen LogP contribution in [0.2, 0.25) is 0 Å². The maximum atomic E-state index is 7.19. The Kier molecular flexibility index (Phi) is 4.50. The Morgan fingerprint density at radius 1 is 1.60 bits per heavy atom. The molecule has 0 amide bonds. The molecule has 1 N–H and O–H groups in total. The second-order valence-electron chi connectivity index (χ2n) is 0.226. The molecule has 0 aliphatic heterocycles. The van der Waals surface area contributed by atoms with E-state index >= 15 is 0 Å². The van der Waals surface area contributed by atoms with Crippen molar-refractivity contribution in [3.8, 4) is 0 Å². The Balaban J connectivity index is 2.19. The molecule has 0 saturated carbocycles. The van der Waals surface area contributed by atoms with Gasteiger partial charge in [-0.1, -0.05) is 0 Å². The van der Waals surface area contributed by atoms with Crippen molar-refractivity contribution in [2.45, 2.75) is 0 Å². The molecule has 0 heterocycles. The van der Waals surface area contributed by atoms with Crippen LogP contribution in [0.3, 0.4) is 0 Å². The molecular formula is H2O4P. The molecule has 0 unspecified atom stereocenters. The summed E-state index contributed by atoms with van der Waals surface area (Å²) in [6.07, 6.45) is 0. The molecule has 0 aromatic carbocycles. The van der Waals surface area contributed by atoms with Crippen molar-refractivity contribution in [1.29, 1.82) is 0 Å². The minimum absolute atomic E-state index is 2.34. The fraction of sp³-hybridized carbons (Fsp3) is 0. The van der Waals surface area contributed by atoms with Gasteiger partial charge in [-0.2, -0.15) is 4.67 Å². The summed E-state index contributed by atoms with van der Waals surface area (Å²) >= 11 is 0. The maximum Gasteiger partial charge on any atom is 0.113 e. The predicted molar refractivity (Wildman–Crippen MR) is 14.2 cm³/mol. The van der Waals surface area contributed by atoms with Crippen LogP contribution in [0.4, 0.5) is 0 Å². The zero-order valence-corrected chi connectivity index (χ0v) is 3.17. The van der Waals surface area contributed by atoms with E-state index < -0.39 is 0 Å². The first kappa shape index (κ1) is 5.27. The summed E-state index contributed by atoms with van der Waals surface area (Å²) in [5, 5.41) is 13.4. The van der Waals surface area contributed by atoms with Gasteiger partial charge in [0, 0.05) is 0 Å². The normalized spacial score (nSPS) is 8.40. The van der Waals surface area contributed by atoms with E-state index in [9.17, 15) is 0 Å². The van der Waals surface area contributed by atoms with Crippen LogP contribution in [0.5, 0.6) is 0 Å². The van der Waals surface area contributed by atoms with E-state index in [0.29, 0.717) is 0 Å². The lowest BCUT2D eigenvalue weighted by Crippen LogP contribution is -1.78. The van der Waals surface area contributed by atoms with Crippen LogP contribution in [0.1, 0.15) is 0 Å². The van der Waals surface area contributed by atoms with E-state index in [-0.39, 0.29) is 0 Å². The highest BCUT2D eigenvalue weighted by atomic mass is 31.0. The number of hydrogen-bond acceptors (Lipinski definition) is 4. The minimum Gasteiger partial charge on any atom is -0.219 e. The fourth-order valence-electron chi connectivity index (χ4n) is 0.0152. The zero-order chi connectivity index (χ0) is 4.12. The van der Waals surface area contributed by atoms with Crippen molar-refractivity contribution in [2.75, 3.05) is 0 Å². The molecule has 5 heteroatoms. The summed E-state index contributed by atoms with van der Waals surface area (Å²) in [6.45, 7) is 0. The summed E-state index contributed by atoms with van der Waals surface area (Å²) in [7, 11) is 2.34. The topological polar surface area (TPSA) is 47.9 Å². The van der Waals surface area contributed by atoms with Gasteiger partial charge in [0.25, 0.3) is 0 Å². The molecule has 0 aliphatic rings. The Morgan fingerprint density at radius 2 is 2.20 bits per heavy atom. The minimum atomic E-state index is 2.34. The van der Waals surface area contributed by atoms with E-state index in [1.165, 1.54) is 0 Å². The van der Waals surface area contributed by atoms with E-state index in [1.54, 1.807) is 0 Å². The van der Waals surface area contributed by atoms with Gasteiger partial charge in [0.15, 0.2) is 0 Å². The summed E-state index contributed by atoms with van der Waals surface area (Å²) in [4.78, 5) is 0. The smallest absolute Gasteiger partial charge is 0.113 e. The number of rotatable bonds is 2. The molecule has 0 saturated heterocycles. The molecule has 0 aromatic heterocycles. The molecule has 0 atom stereocenters. The van der Waals surface area contributed by atoms with Crippen molar-refractivity contribution >= 4 is 9.47 Å². The third kappa shape index (κ3) is 4.27. The van der Waals surface area contributed by atoms with Crippen molar-refractivity contribution in [3.63, 3.8) is 0 Å². The Bertz CT molecular complexity index is 11.1. The van der Waals surface area contributed by atoms with Crippen molar-refractivity contribution in [1.82, 2.24) is 0 Å². The molecule has 1 radical (unpaired) electrons. The third-order valence-corrected chi connectivity index (χ3v) is 0.132. The Morgan fingerprint density at radius 3 is 2.20 bits per heavy atom. The highest BCUT2D eigenvalue weighted by Crippen LogP contribution is 1.82. The van der Waals surface area contributed by atoms with Crippen LogP contribution < -0.4 is 0 Å². The summed E-state index contributed by atoms with van der Waals surface area (Å²) in [5.74, 6) is 0. The summed E-state index contributed by atoms with van der Waals surface area (Å²) in [5.41, 5.74) is 0. The van der Waals surface area contributed by atoms with Crippen molar-refractivity contribution < 1.29 is 20.0 Å². The SMILES string of the molecule is OOOO[PH]. The lowest BCUT2D eigenvalue weighted by atomic mass is 14.4. The van der Waals surface area contributed by atoms with Gasteiger partial charge in [-0.05, 0) is 10.1 Å². The van der Waals surface area contributed by atoms with Crippen LogP contribution in [0.15, 0.2) is 0 Å². The first-order valence-corrected chi connectivity index (χ1v) is 1.13. The molecule has 4 nitrogen and oxygen atoms in total. The third-order valence-electron chi connectivity index (χ3n) is 0.0644. The monoisotopic (exact) mass is 97.0 g/mol. The van der Waals surface area contributed by atoms with E-state index in [4.69, 9.17) is 5.26 Å². The van der Waals surface area contributed by atoms with Gasteiger partial charge in [0.1, 0.15) is 9.47 Å². The number of hydrogen-bond donors (Lipinski definition) is 1. The second-order valence-corrected chi connectivity index (χ2v) is 0.393. The zero-order valence-electron chi connectivity index (χ0n) is 2.17. The molecule has 5 heavy (non-hydrogen) atoms.